The van der Waals surface area contributed by atoms with Crippen LogP contribution in [-0.4, -0.2) is 61.0 Å². The first kappa shape index (κ1) is 22.4. The molecule has 168 valence electrons. The molecule has 0 aromatic heterocycles. The number of rotatable bonds is 5. The maximum atomic E-state index is 13.2. The predicted molar refractivity (Wildman–Crippen MR) is 128 cm³/mol. The molecule has 32 heavy (non-hydrogen) atoms. The van der Waals surface area contributed by atoms with Crippen LogP contribution >= 0.6 is 0 Å². The lowest BCUT2D eigenvalue weighted by molar-refractivity contribution is -0.137. The van der Waals surface area contributed by atoms with E-state index in [1.807, 2.05) is 24.3 Å². The Balaban J connectivity index is 1.27. The molecule has 0 aliphatic carbocycles. The Morgan fingerprint density at radius 2 is 1.69 bits per heavy atom. The molecule has 0 radical (unpaired) electrons. The fraction of sp³-hybridized carbons (Fsp3) is 0.481. The number of anilines is 1. The third kappa shape index (κ3) is 5.49. The molecular weight excluding hydrogens is 396 g/mol. The lowest BCUT2D eigenvalue weighted by Gasteiger charge is -2.36. The van der Waals surface area contributed by atoms with E-state index in [1.54, 1.807) is 0 Å². The van der Waals surface area contributed by atoms with Gasteiger partial charge in [-0.25, -0.2) is 0 Å². The van der Waals surface area contributed by atoms with Crippen molar-refractivity contribution in [3.8, 4) is 6.07 Å². The summed E-state index contributed by atoms with van der Waals surface area (Å²) in [5.74, 6) is 0.964. The zero-order valence-electron chi connectivity index (χ0n) is 19.1. The molecule has 0 spiro atoms. The second kappa shape index (κ2) is 10.7. The van der Waals surface area contributed by atoms with Crippen LogP contribution in [0.3, 0.4) is 0 Å². The van der Waals surface area contributed by atoms with Crippen molar-refractivity contribution in [1.29, 1.82) is 5.26 Å². The second-order valence-corrected chi connectivity index (χ2v) is 9.17. The van der Waals surface area contributed by atoms with Gasteiger partial charge in [-0.15, -0.1) is 0 Å². The Kier molecular flexibility index (Phi) is 7.44. The van der Waals surface area contributed by atoms with Crippen molar-refractivity contribution >= 4 is 11.6 Å². The minimum Gasteiger partial charge on any atom is -0.370 e. The van der Waals surface area contributed by atoms with Crippen molar-refractivity contribution in [1.82, 2.24) is 9.80 Å². The minimum absolute atomic E-state index is 0.0680. The van der Waals surface area contributed by atoms with E-state index in [0.29, 0.717) is 11.5 Å². The van der Waals surface area contributed by atoms with Gasteiger partial charge in [-0.05, 0) is 68.4 Å². The molecule has 0 saturated carbocycles. The molecule has 2 aromatic carbocycles. The number of carbonyl (C=O) groups is 1. The first-order valence-corrected chi connectivity index (χ1v) is 12.0. The Morgan fingerprint density at radius 3 is 2.38 bits per heavy atom. The molecule has 0 N–H and O–H groups in total. The van der Waals surface area contributed by atoms with Crippen LogP contribution in [0.1, 0.15) is 37.3 Å². The van der Waals surface area contributed by atoms with E-state index in [-0.39, 0.29) is 11.9 Å². The van der Waals surface area contributed by atoms with Gasteiger partial charge in [-0.1, -0.05) is 30.3 Å². The van der Waals surface area contributed by atoms with Crippen LogP contribution in [0.15, 0.2) is 54.6 Å². The summed E-state index contributed by atoms with van der Waals surface area (Å²) >= 11 is 0. The summed E-state index contributed by atoms with van der Waals surface area (Å²) in [5, 5.41) is 9.01. The molecule has 1 unspecified atom stereocenters. The average molecular weight is 431 g/mol. The topological polar surface area (TPSA) is 50.6 Å². The Bertz CT molecular complexity index is 913. The van der Waals surface area contributed by atoms with Gasteiger partial charge in [-0.3, -0.25) is 9.69 Å². The first-order valence-electron chi connectivity index (χ1n) is 12.0. The third-order valence-electron chi connectivity index (χ3n) is 7.09. The number of carbonyl (C=O) groups excluding carboxylic acids is 1. The Labute approximate surface area is 192 Å². The van der Waals surface area contributed by atoms with Crippen molar-refractivity contribution in [3.05, 3.63) is 65.7 Å². The molecule has 2 fully saturated rings. The minimum atomic E-state index is -0.0680. The summed E-state index contributed by atoms with van der Waals surface area (Å²) in [6, 6.07) is 20.6. The van der Waals surface area contributed by atoms with Gasteiger partial charge in [0.25, 0.3) is 0 Å². The van der Waals surface area contributed by atoms with E-state index in [2.05, 4.69) is 58.0 Å². The van der Waals surface area contributed by atoms with Gasteiger partial charge in [0, 0.05) is 45.0 Å². The lowest BCUT2D eigenvalue weighted by atomic mass is 9.90. The zero-order valence-corrected chi connectivity index (χ0v) is 19.1. The summed E-state index contributed by atoms with van der Waals surface area (Å²) in [6.07, 6.45) is 4.35. The number of piperidine rings is 1. The van der Waals surface area contributed by atoms with Crippen LogP contribution in [0, 0.1) is 17.2 Å². The van der Waals surface area contributed by atoms with E-state index in [0.717, 1.165) is 70.6 Å². The number of hydrogen-bond acceptors (Lipinski definition) is 4. The quantitative estimate of drug-likeness (QED) is 0.721. The number of benzene rings is 2. The van der Waals surface area contributed by atoms with E-state index >= 15 is 0 Å². The fourth-order valence-corrected chi connectivity index (χ4v) is 5.06. The van der Waals surface area contributed by atoms with Crippen LogP contribution in [-0.2, 0) is 11.2 Å². The van der Waals surface area contributed by atoms with Crippen molar-refractivity contribution in [2.45, 2.75) is 38.6 Å². The van der Waals surface area contributed by atoms with E-state index < -0.39 is 0 Å². The molecule has 2 saturated heterocycles. The van der Waals surface area contributed by atoms with Crippen molar-refractivity contribution in [3.63, 3.8) is 0 Å². The maximum absolute atomic E-state index is 13.2. The monoisotopic (exact) mass is 430 g/mol. The average Bonchev–Trinajstić information content (AvgIpc) is 3.11. The molecule has 0 bridgehead atoms. The fourth-order valence-electron chi connectivity index (χ4n) is 5.06. The molecule has 4 rings (SSSR count). The van der Waals surface area contributed by atoms with E-state index in [9.17, 15) is 4.79 Å². The van der Waals surface area contributed by atoms with Crippen LogP contribution in [0.5, 0.6) is 0 Å². The van der Waals surface area contributed by atoms with Crippen molar-refractivity contribution in [2.75, 3.05) is 44.2 Å². The van der Waals surface area contributed by atoms with E-state index in [1.165, 1.54) is 5.56 Å². The van der Waals surface area contributed by atoms with Crippen LogP contribution in [0.2, 0.25) is 0 Å². The standard InChI is InChI=1S/C27H34N4O/c1-22(27(32)31-16-12-24(13-17-31)20-23-6-3-2-4-7-23)29-14-5-15-30(19-18-29)26-10-8-25(21-28)9-11-26/h2-4,6-11,22,24H,5,12-20H2,1H3. The molecule has 5 nitrogen and oxygen atoms in total. The molecule has 5 heteroatoms. The Hall–Kier alpha value is -2.84. The van der Waals surface area contributed by atoms with Crippen LogP contribution in [0.25, 0.3) is 0 Å². The number of hydrogen-bond donors (Lipinski definition) is 0. The molecule has 1 amide bonds. The molecule has 1 atom stereocenters. The third-order valence-corrected chi connectivity index (χ3v) is 7.09. The van der Waals surface area contributed by atoms with Gasteiger partial charge in [-0.2, -0.15) is 5.26 Å². The van der Waals surface area contributed by atoms with Gasteiger partial charge in [0.2, 0.25) is 5.91 Å². The highest BCUT2D eigenvalue weighted by Crippen LogP contribution is 2.23. The smallest absolute Gasteiger partial charge is 0.239 e. The normalized spacial score (nSPS) is 19.2. The highest BCUT2D eigenvalue weighted by Gasteiger charge is 2.30. The number of nitrogens with zero attached hydrogens (tertiary/aromatic N) is 4. The van der Waals surface area contributed by atoms with Gasteiger partial charge in [0.1, 0.15) is 0 Å². The molecule has 2 aliphatic rings. The van der Waals surface area contributed by atoms with Gasteiger partial charge in [0.15, 0.2) is 0 Å². The summed E-state index contributed by atoms with van der Waals surface area (Å²) in [4.78, 5) is 20.0. The summed E-state index contributed by atoms with van der Waals surface area (Å²) in [7, 11) is 0. The summed E-state index contributed by atoms with van der Waals surface area (Å²) < 4.78 is 0. The number of amides is 1. The largest absolute Gasteiger partial charge is 0.370 e. The molecule has 2 heterocycles. The number of likely N-dealkylation sites (tertiary alicyclic amines) is 1. The van der Waals surface area contributed by atoms with Crippen LogP contribution < -0.4 is 4.90 Å². The highest BCUT2D eigenvalue weighted by atomic mass is 16.2. The highest BCUT2D eigenvalue weighted by molar-refractivity contribution is 5.81. The first-order chi connectivity index (χ1) is 15.6. The van der Waals surface area contributed by atoms with Gasteiger partial charge >= 0.3 is 0 Å². The van der Waals surface area contributed by atoms with Gasteiger partial charge < -0.3 is 9.80 Å². The maximum Gasteiger partial charge on any atom is 0.239 e. The predicted octanol–water partition coefficient (Wildman–Crippen LogP) is 3.94. The van der Waals surface area contributed by atoms with Gasteiger partial charge in [0.05, 0.1) is 17.7 Å². The van der Waals surface area contributed by atoms with E-state index in [4.69, 9.17) is 5.26 Å². The van der Waals surface area contributed by atoms with Crippen molar-refractivity contribution in [2.24, 2.45) is 5.92 Å². The molecular formula is C27H34N4O. The lowest BCUT2D eigenvalue weighted by Crippen LogP contribution is -2.50. The summed E-state index contributed by atoms with van der Waals surface area (Å²) in [6.45, 7) is 7.56. The van der Waals surface area contributed by atoms with Crippen molar-refractivity contribution < 1.29 is 4.79 Å². The molecule has 2 aliphatic heterocycles. The van der Waals surface area contributed by atoms with Crippen LogP contribution in [0.4, 0.5) is 5.69 Å². The SMILES string of the molecule is CC(C(=O)N1CCC(Cc2ccccc2)CC1)N1CCCN(c2ccc(C#N)cc2)CC1. The zero-order chi connectivity index (χ0) is 22.3. The number of nitriles is 1. The second-order valence-electron chi connectivity index (χ2n) is 9.17. The summed E-state index contributed by atoms with van der Waals surface area (Å²) in [5.41, 5.74) is 3.25. The Morgan fingerprint density at radius 1 is 0.969 bits per heavy atom. The molecule has 2 aromatic rings.